The number of urea groups is 1. The lowest BCUT2D eigenvalue weighted by Gasteiger charge is -2.20. The molecule has 0 unspecified atom stereocenters. The first-order chi connectivity index (χ1) is 11.2. The van der Waals surface area contributed by atoms with Crippen molar-refractivity contribution in [3.05, 3.63) is 71.7 Å². The third kappa shape index (κ3) is 5.58. The van der Waals surface area contributed by atoms with Gasteiger partial charge in [0.05, 0.1) is 0 Å². The van der Waals surface area contributed by atoms with Crippen LogP contribution in [-0.2, 0) is 6.42 Å². The van der Waals surface area contributed by atoms with E-state index < -0.39 is 0 Å². The summed E-state index contributed by atoms with van der Waals surface area (Å²) in [6, 6.07) is 12.0. The van der Waals surface area contributed by atoms with Crippen LogP contribution in [0.15, 0.2) is 55.0 Å². The summed E-state index contributed by atoms with van der Waals surface area (Å²) in [6.45, 7) is 5.39. The smallest absolute Gasteiger partial charge is 0.321 e. The van der Waals surface area contributed by atoms with E-state index in [-0.39, 0.29) is 6.03 Å². The number of aromatic nitrogens is 1. The number of carbonyl (C=O) groups is 1. The Morgan fingerprint density at radius 2 is 2.04 bits per heavy atom. The molecule has 120 valence electrons. The van der Waals surface area contributed by atoms with Crippen LogP contribution >= 0.6 is 0 Å². The SMILES string of the molecule is CCN(CCc1ccncc1)C(=O)N/C=C/c1cccc(C)c1. The predicted octanol–water partition coefficient (Wildman–Crippen LogP) is 3.63. The normalized spacial score (nSPS) is 10.7. The van der Waals surface area contributed by atoms with Crippen molar-refractivity contribution in [3.63, 3.8) is 0 Å². The van der Waals surface area contributed by atoms with Crippen LogP contribution in [0.4, 0.5) is 4.79 Å². The summed E-state index contributed by atoms with van der Waals surface area (Å²) >= 11 is 0. The lowest BCUT2D eigenvalue weighted by Crippen LogP contribution is -2.38. The molecule has 0 aliphatic heterocycles. The number of rotatable bonds is 6. The maximum Gasteiger partial charge on any atom is 0.321 e. The number of nitrogens with one attached hydrogen (secondary N) is 1. The van der Waals surface area contributed by atoms with Gasteiger partial charge in [-0.15, -0.1) is 0 Å². The molecule has 2 rings (SSSR count). The van der Waals surface area contributed by atoms with Crippen LogP contribution < -0.4 is 5.32 Å². The minimum atomic E-state index is -0.0783. The molecule has 0 saturated carbocycles. The molecule has 0 saturated heterocycles. The molecule has 1 heterocycles. The van der Waals surface area contributed by atoms with Gasteiger partial charge in [-0.25, -0.2) is 4.79 Å². The van der Waals surface area contributed by atoms with Gasteiger partial charge in [0, 0.05) is 31.7 Å². The monoisotopic (exact) mass is 309 g/mol. The van der Waals surface area contributed by atoms with Crippen molar-refractivity contribution in [1.29, 1.82) is 0 Å². The molecule has 23 heavy (non-hydrogen) atoms. The number of amides is 2. The zero-order chi connectivity index (χ0) is 16.5. The number of carbonyl (C=O) groups excluding carboxylic acids is 1. The van der Waals surface area contributed by atoms with Gasteiger partial charge in [0.25, 0.3) is 0 Å². The molecule has 0 atom stereocenters. The van der Waals surface area contributed by atoms with Crippen molar-refractivity contribution < 1.29 is 4.79 Å². The molecule has 1 aromatic carbocycles. The van der Waals surface area contributed by atoms with Crippen LogP contribution in [0, 0.1) is 6.92 Å². The highest BCUT2D eigenvalue weighted by Gasteiger charge is 2.09. The Labute approximate surface area is 137 Å². The molecule has 0 aliphatic carbocycles. The third-order valence-electron chi connectivity index (χ3n) is 3.61. The van der Waals surface area contributed by atoms with E-state index >= 15 is 0 Å². The lowest BCUT2D eigenvalue weighted by molar-refractivity contribution is 0.205. The number of pyridine rings is 1. The zero-order valence-electron chi connectivity index (χ0n) is 13.7. The number of benzene rings is 1. The van der Waals surface area contributed by atoms with Gasteiger partial charge in [0.1, 0.15) is 0 Å². The van der Waals surface area contributed by atoms with Gasteiger partial charge in [-0.05, 0) is 49.6 Å². The predicted molar refractivity (Wildman–Crippen MR) is 93.9 cm³/mol. The molecule has 1 N–H and O–H groups in total. The molecule has 4 heteroatoms. The van der Waals surface area contributed by atoms with E-state index in [0.29, 0.717) is 13.1 Å². The Morgan fingerprint density at radius 3 is 2.74 bits per heavy atom. The highest BCUT2D eigenvalue weighted by atomic mass is 16.2. The molecular weight excluding hydrogens is 286 g/mol. The number of nitrogens with zero attached hydrogens (tertiary/aromatic N) is 2. The van der Waals surface area contributed by atoms with E-state index in [9.17, 15) is 4.79 Å². The second-order valence-electron chi connectivity index (χ2n) is 5.38. The Hall–Kier alpha value is -2.62. The highest BCUT2D eigenvalue weighted by Crippen LogP contribution is 2.05. The summed E-state index contributed by atoms with van der Waals surface area (Å²) in [7, 11) is 0. The van der Waals surface area contributed by atoms with E-state index in [2.05, 4.69) is 16.4 Å². The van der Waals surface area contributed by atoms with Crippen LogP contribution in [0.2, 0.25) is 0 Å². The minimum absolute atomic E-state index is 0.0783. The average Bonchev–Trinajstić information content (AvgIpc) is 2.56. The number of likely N-dealkylation sites (N-methyl/N-ethyl adjacent to an activating group) is 1. The summed E-state index contributed by atoms with van der Waals surface area (Å²) < 4.78 is 0. The quantitative estimate of drug-likeness (QED) is 0.885. The molecule has 0 bridgehead atoms. The Kier molecular flexibility index (Phi) is 6.36. The molecule has 0 aliphatic rings. The number of hydrogen-bond acceptors (Lipinski definition) is 2. The molecular formula is C19H23N3O. The second kappa shape index (κ2) is 8.73. The Bertz CT molecular complexity index is 653. The van der Waals surface area contributed by atoms with Gasteiger partial charge in [0.2, 0.25) is 0 Å². The van der Waals surface area contributed by atoms with Gasteiger partial charge in [-0.1, -0.05) is 29.8 Å². The van der Waals surface area contributed by atoms with E-state index in [1.54, 1.807) is 23.5 Å². The zero-order valence-corrected chi connectivity index (χ0v) is 13.7. The van der Waals surface area contributed by atoms with E-state index in [0.717, 1.165) is 12.0 Å². The summed E-state index contributed by atoms with van der Waals surface area (Å²) in [4.78, 5) is 18.0. The first-order valence-electron chi connectivity index (χ1n) is 7.86. The Balaban J connectivity index is 1.85. The summed E-state index contributed by atoms with van der Waals surface area (Å²) in [5, 5.41) is 2.83. The fraction of sp³-hybridized carbons (Fsp3) is 0.263. The minimum Gasteiger partial charge on any atom is -0.324 e. The van der Waals surface area contributed by atoms with Crippen molar-refractivity contribution >= 4 is 12.1 Å². The highest BCUT2D eigenvalue weighted by molar-refractivity contribution is 5.76. The largest absolute Gasteiger partial charge is 0.324 e. The molecule has 0 spiro atoms. The number of aryl methyl sites for hydroxylation is 1. The van der Waals surface area contributed by atoms with Crippen LogP contribution in [0.5, 0.6) is 0 Å². The fourth-order valence-corrected chi connectivity index (χ4v) is 2.29. The van der Waals surface area contributed by atoms with E-state index in [1.807, 2.05) is 50.3 Å². The summed E-state index contributed by atoms with van der Waals surface area (Å²) in [5.41, 5.74) is 3.46. The number of hydrogen-bond donors (Lipinski definition) is 1. The molecule has 2 amide bonds. The van der Waals surface area contributed by atoms with Gasteiger partial charge in [-0.3, -0.25) is 4.98 Å². The molecule has 0 fully saturated rings. The van der Waals surface area contributed by atoms with Crippen molar-refractivity contribution in [3.8, 4) is 0 Å². The average molecular weight is 309 g/mol. The van der Waals surface area contributed by atoms with Gasteiger partial charge in [0.15, 0.2) is 0 Å². The van der Waals surface area contributed by atoms with Crippen LogP contribution in [0.25, 0.3) is 6.08 Å². The van der Waals surface area contributed by atoms with Crippen LogP contribution in [0.3, 0.4) is 0 Å². The van der Waals surface area contributed by atoms with Gasteiger partial charge >= 0.3 is 6.03 Å². The van der Waals surface area contributed by atoms with Crippen LogP contribution in [-0.4, -0.2) is 29.0 Å². The van der Waals surface area contributed by atoms with Crippen molar-refractivity contribution in [2.75, 3.05) is 13.1 Å². The topological polar surface area (TPSA) is 45.2 Å². The maximum absolute atomic E-state index is 12.2. The van der Waals surface area contributed by atoms with Gasteiger partial charge in [-0.2, -0.15) is 0 Å². The molecule has 2 aromatic rings. The maximum atomic E-state index is 12.2. The van der Waals surface area contributed by atoms with Gasteiger partial charge < -0.3 is 10.2 Å². The Morgan fingerprint density at radius 1 is 1.26 bits per heavy atom. The first kappa shape index (κ1) is 16.7. The van der Waals surface area contributed by atoms with Crippen molar-refractivity contribution in [2.24, 2.45) is 0 Å². The van der Waals surface area contributed by atoms with E-state index in [1.165, 1.54) is 11.1 Å². The van der Waals surface area contributed by atoms with Crippen LogP contribution in [0.1, 0.15) is 23.6 Å². The molecule has 4 nitrogen and oxygen atoms in total. The summed E-state index contributed by atoms with van der Waals surface area (Å²) in [5.74, 6) is 0. The summed E-state index contributed by atoms with van der Waals surface area (Å²) in [6.07, 6.45) is 7.98. The molecule has 1 aromatic heterocycles. The first-order valence-corrected chi connectivity index (χ1v) is 7.86. The molecule has 0 radical (unpaired) electrons. The van der Waals surface area contributed by atoms with E-state index in [4.69, 9.17) is 0 Å². The fourth-order valence-electron chi connectivity index (χ4n) is 2.29. The third-order valence-corrected chi connectivity index (χ3v) is 3.61. The standard InChI is InChI=1S/C19H23N3O/c1-3-22(14-10-17-7-11-20-12-8-17)19(23)21-13-9-18-6-4-5-16(2)15-18/h4-9,11-13,15H,3,10,14H2,1-2H3,(H,21,23)/b13-9+. The van der Waals surface area contributed by atoms with Crippen molar-refractivity contribution in [2.45, 2.75) is 20.3 Å². The lowest BCUT2D eigenvalue weighted by atomic mass is 10.1. The second-order valence-corrected chi connectivity index (χ2v) is 5.38. The van der Waals surface area contributed by atoms with Crippen molar-refractivity contribution in [1.82, 2.24) is 15.2 Å².